The molecule has 0 aromatic rings. The third-order valence-electron chi connectivity index (χ3n) is 3.97. The first kappa shape index (κ1) is 12.7. The minimum Gasteiger partial charge on any atom is -0.338 e. The molecule has 1 saturated heterocycles. The van der Waals surface area contributed by atoms with Crippen LogP contribution in [0.15, 0.2) is 0 Å². The summed E-state index contributed by atoms with van der Waals surface area (Å²) in [5.41, 5.74) is 0.193. The number of amides is 2. The van der Waals surface area contributed by atoms with Crippen molar-refractivity contribution < 1.29 is 4.79 Å². The van der Waals surface area contributed by atoms with E-state index >= 15 is 0 Å². The Kier molecular flexibility index (Phi) is 3.92. The lowest BCUT2D eigenvalue weighted by molar-refractivity contribution is 0.227. The van der Waals surface area contributed by atoms with Gasteiger partial charge < -0.3 is 16.0 Å². The van der Waals surface area contributed by atoms with Gasteiger partial charge in [-0.05, 0) is 37.6 Å². The molecule has 2 bridgehead atoms. The summed E-state index contributed by atoms with van der Waals surface area (Å²) in [7, 11) is 0. The lowest BCUT2D eigenvalue weighted by Crippen LogP contribution is -2.52. The summed E-state index contributed by atoms with van der Waals surface area (Å²) in [4.78, 5) is 11.6. The Morgan fingerprint density at radius 1 is 1.47 bits per heavy atom. The normalized spacial score (nSPS) is 31.6. The van der Waals surface area contributed by atoms with Gasteiger partial charge in [0.05, 0.1) is 0 Å². The Labute approximate surface area is 104 Å². The molecule has 2 unspecified atom stereocenters. The predicted octanol–water partition coefficient (Wildman–Crippen LogP) is 1.47. The molecule has 0 aromatic carbocycles. The predicted molar refractivity (Wildman–Crippen MR) is 68.9 cm³/mol. The SMILES string of the molecule is CC(C)CNC(=O)NCC12CCCC(CN1)C2. The maximum absolute atomic E-state index is 11.6. The molecule has 4 heteroatoms. The van der Waals surface area contributed by atoms with Crippen LogP contribution in [0.5, 0.6) is 0 Å². The van der Waals surface area contributed by atoms with E-state index in [-0.39, 0.29) is 11.6 Å². The highest BCUT2D eigenvalue weighted by atomic mass is 16.2. The molecule has 0 aromatic heterocycles. The molecule has 4 nitrogen and oxygen atoms in total. The Bertz CT molecular complexity index is 276. The maximum Gasteiger partial charge on any atom is 0.314 e. The van der Waals surface area contributed by atoms with Crippen molar-refractivity contribution in [3.05, 3.63) is 0 Å². The van der Waals surface area contributed by atoms with Gasteiger partial charge in [0, 0.05) is 18.6 Å². The summed E-state index contributed by atoms with van der Waals surface area (Å²) in [5, 5.41) is 9.52. The fourth-order valence-electron chi connectivity index (χ4n) is 3.01. The monoisotopic (exact) mass is 239 g/mol. The third kappa shape index (κ3) is 3.35. The molecule has 2 aliphatic rings. The van der Waals surface area contributed by atoms with Crippen LogP contribution in [-0.4, -0.2) is 31.2 Å². The van der Waals surface area contributed by atoms with Crippen molar-refractivity contribution in [3.63, 3.8) is 0 Å². The van der Waals surface area contributed by atoms with Crippen molar-refractivity contribution >= 4 is 6.03 Å². The zero-order valence-electron chi connectivity index (χ0n) is 11.0. The minimum absolute atomic E-state index is 0.0242. The molecule has 3 N–H and O–H groups in total. The van der Waals surface area contributed by atoms with Crippen LogP contribution in [0, 0.1) is 11.8 Å². The van der Waals surface area contributed by atoms with Gasteiger partial charge in [0.25, 0.3) is 0 Å². The van der Waals surface area contributed by atoms with Crippen LogP contribution in [0.1, 0.15) is 39.5 Å². The fourth-order valence-corrected chi connectivity index (χ4v) is 3.01. The molecule has 17 heavy (non-hydrogen) atoms. The van der Waals surface area contributed by atoms with Gasteiger partial charge in [0.2, 0.25) is 0 Å². The zero-order chi connectivity index (χ0) is 12.3. The molecule has 2 amide bonds. The third-order valence-corrected chi connectivity index (χ3v) is 3.97. The Morgan fingerprint density at radius 2 is 2.29 bits per heavy atom. The molecule has 0 spiro atoms. The van der Waals surface area contributed by atoms with Gasteiger partial charge in [-0.2, -0.15) is 0 Å². The topological polar surface area (TPSA) is 53.2 Å². The molecular weight excluding hydrogens is 214 g/mol. The van der Waals surface area contributed by atoms with Crippen molar-refractivity contribution in [3.8, 4) is 0 Å². The van der Waals surface area contributed by atoms with Crippen molar-refractivity contribution in [2.24, 2.45) is 11.8 Å². The van der Waals surface area contributed by atoms with Crippen LogP contribution in [0.25, 0.3) is 0 Å². The second kappa shape index (κ2) is 5.25. The Balaban J connectivity index is 1.72. The average molecular weight is 239 g/mol. The van der Waals surface area contributed by atoms with Crippen molar-refractivity contribution in [1.29, 1.82) is 0 Å². The first-order valence-electron chi connectivity index (χ1n) is 6.86. The van der Waals surface area contributed by atoms with Gasteiger partial charge in [-0.15, -0.1) is 0 Å². The number of urea groups is 1. The minimum atomic E-state index is -0.0242. The molecule has 2 atom stereocenters. The highest BCUT2D eigenvalue weighted by molar-refractivity contribution is 5.73. The number of rotatable bonds is 4. The second-order valence-electron chi connectivity index (χ2n) is 6.08. The lowest BCUT2D eigenvalue weighted by Gasteiger charge is -2.33. The van der Waals surface area contributed by atoms with Gasteiger partial charge in [-0.3, -0.25) is 0 Å². The van der Waals surface area contributed by atoms with Crippen molar-refractivity contribution in [2.45, 2.75) is 45.1 Å². The number of carbonyl (C=O) groups is 1. The second-order valence-corrected chi connectivity index (χ2v) is 6.08. The van der Waals surface area contributed by atoms with E-state index in [4.69, 9.17) is 0 Å². The summed E-state index contributed by atoms with van der Waals surface area (Å²) in [6, 6.07) is -0.0242. The summed E-state index contributed by atoms with van der Waals surface area (Å²) in [6.45, 7) is 6.85. The number of carbonyl (C=O) groups excluding carboxylic acids is 1. The molecule has 1 aliphatic heterocycles. The Morgan fingerprint density at radius 3 is 3.06 bits per heavy atom. The molecule has 1 aliphatic carbocycles. The van der Waals surface area contributed by atoms with Crippen molar-refractivity contribution in [1.82, 2.24) is 16.0 Å². The van der Waals surface area contributed by atoms with E-state index in [1.54, 1.807) is 0 Å². The molecule has 1 saturated carbocycles. The van der Waals surface area contributed by atoms with Crippen molar-refractivity contribution in [2.75, 3.05) is 19.6 Å². The zero-order valence-corrected chi connectivity index (χ0v) is 11.0. The Hall–Kier alpha value is -0.770. The quantitative estimate of drug-likeness (QED) is 0.696. The first-order chi connectivity index (χ1) is 8.10. The van der Waals surface area contributed by atoms with Gasteiger partial charge in [0.1, 0.15) is 0 Å². The highest BCUT2D eigenvalue weighted by Crippen LogP contribution is 2.36. The summed E-state index contributed by atoms with van der Waals surface area (Å²) in [5.74, 6) is 1.34. The average Bonchev–Trinajstić information content (AvgIpc) is 2.60. The van der Waals surface area contributed by atoms with Gasteiger partial charge in [-0.1, -0.05) is 20.3 Å². The number of fused-ring (bicyclic) bond motifs is 2. The van der Waals surface area contributed by atoms with E-state index in [2.05, 4.69) is 29.8 Å². The summed E-state index contributed by atoms with van der Waals surface area (Å²) < 4.78 is 0. The van der Waals surface area contributed by atoms with Crippen LogP contribution in [0.2, 0.25) is 0 Å². The molecule has 1 heterocycles. The first-order valence-corrected chi connectivity index (χ1v) is 6.86. The molecule has 2 fully saturated rings. The van der Waals surface area contributed by atoms with Crippen LogP contribution >= 0.6 is 0 Å². The maximum atomic E-state index is 11.6. The fraction of sp³-hybridized carbons (Fsp3) is 0.923. The smallest absolute Gasteiger partial charge is 0.314 e. The molecule has 0 radical (unpaired) electrons. The van der Waals surface area contributed by atoms with E-state index in [1.165, 1.54) is 25.7 Å². The van der Waals surface area contributed by atoms with E-state index < -0.39 is 0 Å². The van der Waals surface area contributed by atoms with Crippen LogP contribution in [-0.2, 0) is 0 Å². The summed E-state index contributed by atoms with van der Waals surface area (Å²) >= 11 is 0. The van der Waals surface area contributed by atoms with E-state index in [0.717, 1.165) is 25.6 Å². The molecule has 98 valence electrons. The molecule has 2 rings (SSSR count). The standard InChI is InChI=1S/C13H25N3O/c1-10(2)7-14-12(17)15-9-13-5-3-4-11(6-13)8-16-13/h10-11,16H,3-9H2,1-2H3,(H2,14,15,17). The van der Waals surface area contributed by atoms with Gasteiger partial charge in [-0.25, -0.2) is 4.79 Å². The number of nitrogens with one attached hydrogen (secondary N) is 3. The highest BCUT2D eigenvalue weighted by Gasteiger charge is 2.41. The molecular formula is C13H25N3O. The summed E-state index contributed by atoms with van der Waals surface area (Å²) in [6.07, 6.45) is 5.09. The van der Waals surface area contributed by atoms with Gasteiger partial charge >= 0.3 is 6.03 Å². The van der Waals surface area contributed by atoms with Crippen LogP contribution in [0.3, 0.4) is 0 Å². The number of hydrogen-bond donors (Lipinski definition) is 3. The van der Waals surface area contributed by atoms with Crippen LogP contribution < -0.4 is 16.0 Å². The largest absolute Gasteiger partial charge is 0.338 e. The number of hydrogen-bond acceptors (Lipinski definition) is 2. The van der Waals surface area contributed by atoms with E-state index in [0.29, 0.717) is 5.92 Å². The van der Waals surface area contributed by atoms with Crippen LogP contribution in [0.4, 0.5) is 4.79 Å². The van der Waals surface area contributed by atoms with Gasteiger partial charge in [0.15, 0.2) is 0 Å². The van der Waals surface area contributed by atoms with E-state index in [1.807, 2.05) is 0 Å². The van der Waals surface area contributed by atoms with E-state index in [9.17, 15) is 4.79 Å². The lowest BCUT2D eigenvalue weighted by atomic mass is 9.80.